The van der Waals surface area contributed by atoms with Gasteiger partial charge in [-0.3, -0.25) is 4.79 Å². The molecule has 3 aromatic rings. The van der Waals surface area contributed by atoms with Crippen molar-refractivity contribution in [2.24, 2.45) is 0 Å². The molecule has 0 unspecified atom stereocenters. The molecule has 8 nitrogen and oxygen atoms in total. The van der Waals surface area contributed by atoms with Crippen LogP contribution in [0.5, 0.6) is 5.75 Å². The SMILES string of the molecule is COC(=O)c1sc2nc(C[NH+]3CCN(c4ccccc4OC)CC3)[nH]c(=O)c2c1C. The zero-order valence-corrected chi connectivity index (χ0v) is 18.1. The zero-order chi connectivity index (χ0) is 21.3. The average molecular weight is 430 g/mol. The Labute approximate surface area is 178 Å². The lowest BCUT2D eigenvalue weighted by Crippen LogP contribution is -3.13. The predicted octanol–water partition coefficient (Wildman–Crippen LogP) is 0.993. The van der Waals surface area contributed by atoms with Crippen LogP contribution in [0.15, 0.2) is 29.1 Å². The number of esters is 1. The number of carbonyl (C=O) groups excluding carboxylic acids is 1. The van der Waals surface area contributed by atoms with Crippen molar-refractivity contribution >= 4 is 33.2 Å². The molecular weight excluding hydrogens is 404 g/mol. The number of thiophene rings is 1. The maximum atomic E-state index is 12.6. The molecule has 0 saturated carbocycles. The van der Waals surface area contributed by atoms with E-state index in [-0.39, 0.29) is 5.56 Å². The summed E-state index contributed by atoms with van der Waals surface area (Å²) in [6.45, 7) is 6.03. The van der Waals surface area contributed by atoms with E-state index in [1.807, 2.05) is 18.2 Å². The number of hydrogen-bond donors (Lipinski definition) is 2. The number of nitrogens with one attached hydrogen (secondary N) is 2. The molecule has 1 aliphatic heterocycles. The third-order valence-electron chi connectivity index (χ3n) is 5.53. The fourth-order valence-electron chi connectivity index (χ4n) is 3.93. The summed E-state index contributed by atoms with van der Waals surface area (Å²) in [6, 6.07) is 8.05. The van der Waals surface area contributed by atoms with Crippen molar-refractivity contribution in [1.82, 2.24) is 9.97 Å². The van der Waals surface area contributed by atoms with E-state index >= 15 is 0 Å². The quantitative estimate of drug-likeness (QED) is 0.588. The number of nitrogens with zero attached hydrogens (tertiary/aromatic N) is 2. The van der Waals surface area contributed by atoms with E-state index in [0.29, 0.717) is 33.0 Å². The predicted molar refractivity (Wildman–Crippen MR) is 116 cm³/mol. The number of para-hydroxylation sites is 2. The monoisotopic (exact) mass is 429 g/mol. The Morgan fingerprint density at radius 2 is 2.00 bits per heavy atom. The van der Waals surface area contributed by atoms with Crippen LogP contribution in [-0.4, -0.2) is 56.3 Å². The van der Waals surface area contributed by atoms with Gasteiger partial charge in [0.2, 0.25) is 0 Å². The summed E-state index contributed by atoms with van der Waals surface area (Å²) in [5.74, 6) is 1.09. The first-order chi connectivity index (χ1) is 14.5. The minimum absolute atomic E-state index is 0.203. The van der Waals surface area contributed by atoms with E-state index < -0.39 is 5.97 Å². The van der Waals surface area contributed by atoms with Gasteiger partial charge in [0.15, 0.2) is 5.82 Å². The molecular formula is C21H25N4O4S+. The van der Waals surface area contributed by atoms with Crippen molar-refractivity contribution in [2.45, 2.75) is 13.5 Å². The molecule has 30 heavy (non-hydrogen) atoms. The minimum Gasteiger partial charge on any atom is -0.495 e. The van der Waals surface area contributed by atoms with Crippen LogP contribution < -0.4 is 20.1 Å². The van der Waals surface area contributed by atoms with Crippen LogP contribution in [0.3, 0.4) is 0 Å². The summed E-state index contributed by atoms with van der Waals surface area (Å²) >= 11 is 1.21. The normalized spacial score (nSPS) is 14.8. The summed E-state index contributed by atoms with van der Waals surface area (Å²) in [6.07, 6.45) is 0. The Kier molecular flexibility index (Phi) is 5.74. The molecule has 0 aliphatic carbocycles. The number of aromatic nitrogens is 2. The minimum atomic E-state index is -0.436. The highest BCUT2D eigenvalue weighted by molar-refractivity contribution is 7.20. The first-order valence-corrected chi connectivity index (χ1v) is 10.7. The molecule has 0 atom stereocenters. The van der Waals surface area contributed by atoms with Gasteiger partial charge in [-0.1, -0.05) is 12.1 Å². The highest BCUT2D eigenvalue weighted by Crippen LogP contribution is 2.28. The van der Waals surface area contributed by atoms with Crippen LogP contribution in [0.4, 0.5) is 5.69 Å². The van der Waals surface area contributed by atoms with Crippen molar-refractivity contribution in [1.29, 1.82) is 0 Å². The molecule has 1 aliphatic rings. The van der Waals surface area contributed by atoms with E-state index in [4.69, 9.17) is 9.47 Å². The fraction of sp³-hybridized carbons (Fsp3) is 0.381. The second kappa shape index (κ2) is 8.45. The molecule has 0 spiro atoms. The Morgan fingerprint density at radius 1 is 1.27 bits per heavy atom. The molecule has 0 amide bonds. The third-order valence-corrected chi connectivity index (χ3v) is 6.70. The van der Waals surface area contributed by atoms with Crippen molar-refractivity contribution in [3.05, 3.63) is 50.9 Å². The molecule has 4 rings (SSSR count). The summed E-state index contributed by atoms with van der Waals surface area (Å²) in [7, 11) is 3.03. The van der Waals surface area contributed by atoms with Crippen molar-refractivity contribution in [3.8, 4) is 5.75 Å². The molecule has 158 valence electrons. The number of benzene rings is 1. The summed E-state index contributed by atoms with van der Waals surface area (Å²) in [5, 5.41) is 0.472. The number of fused-ring (bicyclic) bond motifs is 1. The number of carbonyl (C=O) groups is 1. The lowest BCUT2D eigenvalue weighted by molar-refractivity contribution is -0.915. The maximum absolute atomic E-state index is 12.6. The second-order valence-electron chi connectivity index (χ2n) is 7.33. The zero-order valence-electron chi connectivity index (χ0n) is 17.3. The number of hydrogen-bond acceptors (Lipinski definition) is 7. The van der Waals surface area contributed by atoms with E-state index in [1.54, 1.807) is 14.0 Å². The van der Waals surface area contributed by atoms with E-state index in [1.165, 1.54) is 23.3 Å². The fourth-order valence-corrected chi connectivity index (χ4v) is 5.05. The Balaban J connectivity index is 1.49. The first kappa shape index (κ1) is 20.4. The number of methoxy groups -OCH3 is 2. The van der Waals surface area contributed by atoms with Gasteiger partial charge in [0.1, 0.15) is 22.0 Å². The van der Waals surface area contributed by atoms with Crippen LogP contribution in [0.2, 0.25) is 0 Å². The third kappa shape index (κ3) is 3.78. The van der Waals surface area contributed by atoms with Gasteiger partial charge in [0, 0.05) is 0 Å². The Bertz CT molecular complexity index is 1130. The highest BCUT2D eigenvalue weighted by Gasteiger charge is 2.24. The largest absolute Gasteiger partial charge is 0.495 e. The number of aromatic amines is 1. The Hall–Kier alpha value is -2.91. The van der Waals surface area contributed by atoms with Gasteiger partial charge in [-0.2, -0.15) is 0 Å². The maximum Gasteiger partial charge on any atom is 0.348 e. The Morgan fingerprint density at radius 3 is 2.70 bits per heavy atom. The molecule has 9 heteroatoms. The molecule has 1 aromatic carbocycles. The summed E-state index contributed by atoms with van der Waals surface area (Å²) in [4.78, 5) is 36.8. The van der Waals surface area contributed by atoms with Gasteiger partial charge < -0.3 is 24.3 Å². The lowest BCUT2D eigenvalue weighted by Gasteiger charge is -2.34. The van der Waals surface area contributed by atoms with Gasteiger partial charge in [-0.25, -0.2) is 9.78 Å². The van der Waals surface area contributed by atoms with Crippen molar-refractivity contribution in [3.63, 3.8) is 0 Å². The topological polar surface area (TPSA) is 89.0 Å². The highest BCUT2D eigenvalue weighted by atomic mass is 32.1. The standard InChI is InChI=1S/C21H24N4O4S/c1-13-17-19(26)22-16(23-20(17)30-18(13)21(27)29-3)12-24-8-10-25(11-9-24)14-6-4-5-7-15(14)28-2/h4-7H,8-12H2,1-3H3,(H,22,23,26)/p+1. The molecule has 0 bridgehead atoms. The summed E-state index contributed by atoms with van der Waals surface area (Å²) < 4.78 is 10.3. The molecule has 1 saturated heterocycles. The number of piperazine rings is 1. The lowest BCUT2D eigenvalue weighted by atomic mass is 10.2. The molecule has 2 N–H and O–H groups in total. The van der Waals surface area contributed by atoms with Crippen molar-refractivity contribution in [2.75, 3.05) is 45.3 Å². The van der Waals surface area contributed by atoms with E-state index in [2.05, 4.69) is 20.9 Å². The van der Waals surface area contributed by atoms with Crippen LogP contribution >= 0.6 is 11.3 Å². The van der Waals surface area contributed by atoms with E-state index in [0.717, 1.165) is 37.6 Å². The van der Waals surface area contributed by atoms with Crippen LogP contribution in [-0.2, 0) is 11.3 Å². The molecule has 3 heterocycles. The molecule has 1 fully saturated rings. The average Bonchev–Trinajstić information content (AvgIpc) is 3.10. The number of aryl methyl sites for hydroxylation is 1. The molecule has 2 aromatic heterocycles. The van der Waals surface area contributed by atoms with Crippen LogP contribution in [0.1, 0.15) is 21.1 Å². The van der Waals surface area contributed by atoms with Crippen LogP contribution in [0.25, 0.3) is 10.2 Å². The summed E-state index contributed by atoms with van der Waals surface area (Å²) in [5.41, 5.74) is 1.53. The van der Waals surface area contributed by atoms with Gasteiger partial charge in [0.25, 0.3) is 5.56 Å². The van der Waals surface area contributed by atoms with Gasteiger partial charge in [0.05, 0.1) is 51.5 Å². The number of ether oxygens (including phenoxy) is 2. The second-order valence-corrected chi connectivity index (χ2v) is 8.33. The van der Waals surface area contributed by atoms with Crippen molar-refractivity contribution < 1.29 is 19.2 Å². The molecule has 0 radical (unpaired) electrons. The van der Waals surface area contributed by atoms with Gasteiger partial charge in [-0.05, 0) is 24.6 Å². The number of rotatable bonds is 5. The van der Waals surface area contributed by atoms with Gasteiger partial charge >= 0.3 is 5.97 Å². The number of H-pyrrole nitrogens is 1. The smallest absolute Gasteiger partial charge is 0.348 e. The van der Waals surface area contributed by atoms with Crippen LogP contribution in [0, 0.1) is 6.92 Å². The number of quaternary nitrogens is 1. The first-order valence-electron chi connectivity index (χ1n) is 9.84. The van der Waals surface area contributed by atoms with E-state index in [9.17, 15) is 9.59 Å². The number of anilines is 1. The van der Waals surface area contributed by atoms with Gasteiger partial charge in [-0.15, -0.1) is 11.3 Å².